The highest BCUT2D eigenvalue weighted by atomic mass is 16.1. The maximum absolute atomic E-state index is 12.1. The van der Waals surface area contributed by atoms with Crippen molar-refractivity contribution in [3.8, 4) is 6.07 Å². The number of hydrazine groups is 1. The average molecular weight is 313 g/mol. The molecule has 0 radical (unpaired) electrons. The quantitative estimate of drug-likeness (QED) is 0.804. The van der Waals surface area contributed by atoms with Gasteiger partial charge in [0.05, 0.1) is 17.4 Å². The normalized spacial score (nSPS) is 18.5. The zero-order chi connectivity index (χ0) is 16.2. The highest BCUT2D eigenvalue weighted by Gasteiger charge is 2.28. The summed E-state index contributed by atoms with van der Waals surface area (Å²) in [5, 5.41) is 16.3. The minimum absolute atomic E-state index is 0.0564. The molecule has 1 saturated heterocycles. The van der Waals surface area contributed by atoms with Gasteiger partial charge in [-0.15, -0.1) is 0 Å². The Morgan fingerprint density at radius 1 is 1.61 bits per heavy atom. The molecule has 1 atom stereocenters. The number of aromatic amines is 1. The van der Waals surface area contributed by atoms with Gasteiger partial charge in [-0.1, -0.05) is 0 Å². The topological polar surface area (TPSA) is 101 Å². The fourth-order valence-corrected chi connectivity index (χ4v) is 2.97. The van der Waals surface area contributed by atoms with E-state index in [0.29, 0.717) is 6.54 Å². The predicted octanol–water partition coefficient (Wildman–Crippen LogP) is 0.661. The number of rotatable bonds is 4. The van der Waals surface area contributed by atoms with Crippen molar-refractivity contribution in [2.75, 3.05) is 31.7 Å². The van der Waals surface area contributed by atoms with Crippen LogP contribution in [0.25, 0.3) is 11.0 Å². The molecule has 1 fully saturated rings. The molecule has 23 heavy (non-hydrogen) atoms. The van der Waals surface area contributed by atoms with E-state index in [4.69, 9.17) is 5.26 Å². The number of nitriles is 1. The van der Waals surface area contributed by atoms with Crippen LogP contribution in [0.5, 0.6) is 0 Å². The summed E-state index contributed by atoms with van der Waals surface area (Å²) in [5.74, 6) is 0.650. The van der Waals surface area contributed by atoms with Crippen molar-refractivity contribution < 1.29 is 4.79 Å². The first-order valence-electron chi connectivity index (χ1n) is 7.62. The van der Waals surface area contributed by atoms with Gasteiger partial charge in [-0.2, -0.15) is 5.26 Å². The molecule has 8 nitrogen and oxygen atoms in total. The van der Waals surface area contributed by atoms with Crippen LogP contribution in [0.4, 0.5) is 5.82 Å². The minimum Gasteiger partial charge on any atom is -0.346 e. The molecule has 1 amide bonds. The number of fused-ring (bicyclic) bond motifs is 1. The van der Waals surface area contributed by atoms with Gasteiger partial charge in [-0.25, -0.2) is 15.0 Å². The zero-order valence-electron chi connectivity index (χ0n) is 13.0. The number of carbonyl (C=O) groups excluding carboxylic acids is 1. The van der Waals surface area contributed by atoms with Crippen molar-refractivity contribution in [2.24, 2.45) is 5.92 Å². The van der Waals surface area contributed by atoms with Gasteiger partial charge in [0.15, 0.2) is 5.82 Å². The van der Waals surface area contributed by atoms with Crippen molar-refractivity contribution in [1.29, 1.82) is 5.26 Å². The standard InChI is InChI=1S/C15H19N7O/c1-21(14-12-4-6-17-13(12)19-10-20-14)22-8-2-3-11(9-22)15(23)18-7-5-16/h4,6,10-11H,2-3,7-9H2,1H3,(H,18,23)(H,17,19,20)/t11-/m1/s1. The summed E-state index contributed by atoms with van der Waals surface area (Å²) in [7, 11) is 1.95. The van der Waals surface area contributed by atoms with Crippen molar-refractivity contribution in [3.63, 3.8) is 0 Å². The fraction of sp³-hybridized carbons (Fsp3) is 0.467. The van der Waals surface area contributed by atoms with Crippen LogP contribution < -0.4 is 10.3 Å². The lowest BCUT2D eigenvalue weighted by Gasteiger charge is -2.38. The van der Waals surface area contributed by atoms with Gasteiger partial charge in [0, 0.05) is 26.3 Å². The molecular formula is C15H19N7O. The molecule has 1 aliphatic heterocycles. The lowest BCUT2D eigenvalue weighted by atomic mass is 9.98. The van der Waals surface area contributed by atoms with Crippen molar-refractivity contribution in [3.05, 3.63) is 18.6 Å². The lowest BCUT2D eigenvalue weighted by Crippen LogP contribution is -2.50. The molecule has 8 heteroatoms. The van der Waals surface area contributed by atoms with Gasteiger partial charge in [-0.3, -0.25) is 9.80 Å². The number of aromatic nitrogens is 3. The largest absolute Gasteiger partial charge is 0.346 e. The Kier molecular flexibility index (Phi) is 4.39. The summed E-state index contributed by atoms with van der Waals surface area (Å²) in [6, 6.07) is 3.88. The smallest absolute Gasteiger partial charge is 0.225 e. The Labute approximate surface area is 134 Å². The first kappa shape index (κ1) is 15.2. The summed E-state index contributed by atoms with van der Waals surface area (Å²) in [6.45, 7) is 1.54. The molecule has 0 bridgehead atoms. The van der Waals surface area contributed by atoms with Gasteiger partial charge < -0.3 is 10.3 Å². The summed E-state index contributed by atoms with van der Waals surface area (Å²) < 4.78 is 0. The van der Waals surface area contributed by atoms with Crippen LogP contribution >= 0.6 is 0 Å². The van der Waals surface area contributed by atoms with E-state index < -0.39 is 0 Å². The number of nitrogens with one attached hydrogen (secondary N) is 2. The molecule has 3 rings (SSSR count). The molecule has 2 aromatic rings. The van der Waals surface area contributed by atoms with E-state index in [9.17, 15) is 4.79 Å². The Bertz CT molecular complexity index is 735. The summed E-state index contributed by atoms with van der Waals surface area (Å²) in [4.78, 5) is 23.8. The predicted molar refractivity (Wildman–Crippen MR) is 85.2 cm³/mol. The summed E-state index contributed by atoms with van der Waals surface area (Å²) in [5.41, 5.74) is 0.794. The lowest BCUT2D eigenvalue weighted by molar-refractivity contribution is -0.126. The van der Waals surface area contributed by atoms with Crippen LogP contribution in [-0.2, 0) is 4.79 Å². The van der Waals surface area contributed by atoms with Crippen LogP contribution in [0.3, 0.4) is 0 Å². The Morgan fingerprint density at radius 3 is 3.30 bits per heavy atom. The number of anilines is 1. The molecule has 2 N–H and O–H groups in total. The van der Waals surface area contributed by atoms with Gasteiger partial charge in [-0.05, 0) is 18.9 Å². The molecular weight excluding hydrogens is 294 g/mol. The second kappa shape index (κ2) is 6.62. The summed E-state index contributed by atoms with van der Waals surface area (Å²) >= 11 is 0. The van der Waals surface area contributed by atoms with Crippen molar-refractivity contribution >= 4 is 22.8 Å². The second-order valence-electron chi connectivity index (χ2n) is 5.59. The number of piperidine rings is 1. The van der Waals surface area contributed by atoms with Gasteiger partial charge in [0.2, 0.25) is 5.91 Å². The molecule has 0 unspecified atom stereocenters. The molecule has 2 aromatic heterocycles. The van der Waals surface area contributed by atoms with Crippen LogP contribution in [0, 0.1) is 17.2 Å². The first-order chi connectivity index (χ1) is 11.2. The maximum atomic E-state index is 12.1. The Balaban J connectivity index is 1.74. The van der Waals surface area contributed by atoms with Crippen LogP contribution in [0.15, 0.2) is 18.6 Å². The van der Waals surface area contributed by atoms with E-state index in [1.807, 2.05) is 30.4 Å². The van der Waals surface area contributed by atoms with E-state index in [1.165, 1.54) is 6.33 Å². The van der Waals surface area contributed by atoms with Crippen LogP contribution in [0.2, 0.25) is 0 Å². The molecule has 1 aliphatic rings. The number of hydrogen-bond donors (Lipinski definition) is 2. The maximum Gasteiger partial charge on any atom is 0.225 e. The van der Waals surface area contributed by atoms with E-state index in [1.54, 1.807) is 0 Å². The van der Waals surface area contributed by atoms with Crippen LogP contribution in [0.1, 0.15) is 12.8 Å². The summed E-state index contributed by atoms with van der Waals surface area (Å²) in [6.07, 6.45) is 5.14. The molecule has 0 spiro atoms. The SMILES string of the molecule is CN(c1ncnc2[nH]ccc12)N1CCC[C@@H](C(=O)NCC#N)C1. The van der Waals surface area contributed by atoms with Crippen molar-refractivity contribution in [2.45, 2.75) is 12.8 Å². The van der Waals surface area contributed by atoms with Gasteiger partial charge in [0.25, 0.3) is 0 Å². The highest BCUT2D eigenvalue weighted by Crippen LogP contribution is 2.25. The third-order valence-corrected chi connectivity index (χ3v) is 4.18. The van der Waals surface area contributed by atoms with Crippen molar-refractivity contribution in [1.82, 2.24) is 25.3 Å². The molecule has 0 aromatic carbocycles. The first-order valence-corrected chi connectivity index (χ1v) is 7.62. The van der Waals surface area contributed by atoms with Gasteiger partial charge in [0.1, 0.15) is 18.5 Å². The molecule has 3 heterocycles. The molecule has 0 saturated carbocycles. The Morgan fingerprint density at radius 2 is 2.48 bits per heavy atom. The zero-order valence-corrected chi connectivity index (χ0v) is 13.0. The third-order valence-electron chi connectivity index (χ3n) is 4.18. The average Bonchev–Trinajstić information content (AvgIpc) is 3.07. The number of hydrogen-bond acceptors (Lipinski definition) is 6. The van der Waals surface area contributed by atoms with E-state index in [0.717, 1.165) is 36.2 Å². The van der Waals surface area contributed by atoms with E-state index in [2.05, 4.69) is 25.3 Å². The minimum atomic E-state index is -0.108. The highest BCUT2D eigenvalue weighted by molar-refractivity contribution is 5.87. The van der Waals surface area contributed by atoms with E-state index >= 15 is 0 Å². The fourth-order valence-electron chi connectivity index (χ4n) is 2.97. The third kappa shape index (κ3) is 3.10. The number of amides is 1. The van der Waals surface area contributed by atoms with Crippen LogP contribution in [-0.4, -0.2) is 52.5 Å². The second-order valence-corrected chi connectivity index (χ2v) is 5.59. The number of carbonyl (C=O) groups is 1. The van der Waals surface area contributed by atoms with Gasteiger partial charge >= 0.3 is 0 Å². The number of nitrogens with zero attached hydrogens (tertiary/aromatic N) is 5. The molecule has 120 valence electrons. The Hall–Kier alpha value is -2.66. The van der Waals surface area contributed by atoms with E-state index in [-0.39, 0.29) is 18.4 Å². The molecule has 0 aliphatic carbocycles. The number of H-pyrrole nitrogens is 1. The monoisotopic (exact) mass is 313 g/mol.